The third-order valence-corrected chi connectivity index (χ3v) is 14.6. The predicted molar refractivity (Wildman–Crippen MR) is 261 cm³/mol. The number of benzene rings is 10. The van der Waals surface area contributed by atoms with Crippen molar-refractivity contribution in [2.45, 2.75) is 38.5 Å². The van der Waals surface area contributed by atoms with E-state index in [-0.39, 0.29) is 10.8 Å². The molecule has 0 atom stereocenters. The molecule has 12 rings (SSSR count). The van der Waals surface area contributed by atoms with Gasteiger partial charge in [-0.05, 0) is 168 Å². The Kier molecular flexibility index (Phi) is 7.40. The molecular formula is C58H41I. The summed E-state index contributed by atoms with van der Waals surface area (Å²) in [5, 5.41) is 10.2. The molecule has 0 unspecified atom stereocenters. The molecule has 1 heteroatoms. The summed E-state index contributed by atoms with van der Waals surface area (Å²) in [6, 6.07) is 66.9. The van der Waals surface area contributed by atoms with Gasteiger partial charge in [-0.2, -0.15) is 0 Å². The molecule has 0 amide bonds. The normalized spacial score (nSPS) is 14.5. The van der Waals surface area contributed by atoms with Crippen molar-refractivity contribution < 1.29 is 0 Å². The van der Waals surface area contributed by atoms with E-state index in [4.69, 9.17) is 0 Å². The standard InChI is InChI=1S/C58H41I/c1-57(2)49-24-14-13-15-37(49)38-28-25-34(31-50(38)57)53-41-16-5-9-20-45(41)55(46-21-10-6-17-42(46)53)56-47-22-11-7-18-43(47)54(44-19-8-12-23-48(44)56)35-26-29-39-40-30-27-36(59)33-52(40)58(3,4)51(39)32-35/h5-33H,1-4H3. The van der Waals surface area contributed by atoms with E-state index >= 15 is 0 Å². The van der Waals surface area contributed by atoms with Gasteiger partial charge >= 0.3 is 0 Å². The molecule has 0 saturated carbocycles. The van der Waals surface area contributed by atoms with E-state index in [0.717, 1.165) is 0 Å². The van der Waals surface area contributed by atoms with Crippen molar-refractivity contribution in [2.24, 2.45) is 0 Å². The van der Waals surface area contributed by atoms with Crippen LogP contribution in [0.4, 0.5) is 0 Å². The molecule has 2 aliphatic carbocycles. The van der Waals surface area contributed by atoms with Gasteiger partial charge in [0.2, 0.25) is 0 Å². The molecule has 0 saturated heterocycles. The van der Waals surface area contributed by atoms with Gasteiger partial charge in [0.05, 0.1) is 0 Å². The van der Waals surface area contributed by atoms with Gasteiger partial charge in [0.15, 0.2) is 0 Å². The third kappa shape index (κ3) is 4.83. The average molecular weight is 865 g/mol. The fraction of sp³-hybridized carbons (Fsp3) is 0.103. The Hall–Kier alpha value is -6.03. The molecule has 10 aromatic rings. The molecular weight excluding hydrogens is 824 g/mol. The number of fused-ring (bicyclic) bond motifs is 10. The highest BCUT2D eigenvalue weighted by atomic mass is 127. The molecule has 0 bridgehead atoms. The van der Waals surface area contributed by atoms with E-state index in [1.165, 1.54) is 125 Å². The minimum Gasteiger partial charge on any atom is -0.0619 e. The van der Waals surface area contributed by atoms with Crippen molar-refractivity contribution in [2.75, 3.05) is 0 Å². The Morgan fingerprint density at radius 1 is 0.288 bits per heavy atom. The van der Waals surface area contributed by atoms with E-state index in [1.807, 2.05) is 0 Å². The topological polar surface area (TPSA) is 0 Å². The average Bonchev–Trinajstić information content (AvgIpc) is 3.63. The van der Waals surface area contributed by atoms with Gasteiger partial charge < -0.3 is 0 Å². The van der Waals surface area contributed by atoms with Crippen LogP contribution in [0, 0.1) is 3.57 Å². The minimum absolute atomic E-state index is 0.0790. The zero-order valence-corrected chi connectivity index (χ0v) is 35.8. The van der Waals surface area contributed by atoms with E-state index < -0.39 is 0 Å². The first kappa shape index (κ1) is 35.0. The Bertz CT molecular complexity index is 3340. The predicted octanol–water partition coefficient (Wildman–Crippen LogP) is 16.5. The molecule has 10 aromatic carbocycles. The van der Waals surface area contributed by atoms with Gasteiger partial charge in [-0.25, -0.2) is 0 Å². The lowest BCUT2D eigenvalue weighted by Gasteiger charge is -2.24. The lowest BCUT2D eigenvalue weighted by Crippen LogP contribution is -2.15. The molecule has 0 aliphatic heterocycles. The maximum Gasteiger partial charge on any atom is 0.0159 e. The summed E-state index contributed by atoms with van der Waals surface area (Å²) in [5.41, 5.74) is 18.6. The second kappa shape index (κ2) is 12.5. The lowest BCUT2D eigenvalue weighted by atomic mass is 9.79. The fourth-order valence-corrected chi connectivity index (χ4v) is 11.6. The smallest absolute Gasteiger partial charge is 0.0159 e. The SMILES string of the molecule is CC1(C)c2ccccc2-c2ccc(-c3c4ccccc4c(-c4c5ccccc5c(-c5ccc6c(c5)C(C)(C)c5cc(I)ccc5-6)c5ccccc45)c4ccccc34)cc21. The number of hydrogen-bond acceptors (Lipinski definition) is 0. The largest absolute Gasteiger partial charge is 0.0619 e. The van der Waals surface area contributed by atoms with Gasteiger partial charge in [-0.15, -0.1) is 0 Å². The van der Waals surface area contributed by atoms with Gasteiger partial charge in [-0.3, -0.25) is 0 Å². The number of hydrogen-bond donors (Lipinski definition) is 0. The quantitative estimate of drug-likeness (QED) is 0.123. The van der Waals surface area contributed by atoms with Crippen LogP contribution in [0.2, 0.25) is 0 Å². The van der Waals surface area contributed by atoms with Crippen molar-refractivity contribution >= 4 is 65.7 Å². The van der Waals surface area contributed by atoms with E-state index in [2.05, 4.69) is 226 Å². The molecule has 0 nitrogen and oxygen atoms in total. The van der Waals surface area contributed by atoms with Crippen LogP contribution < -0.4 is 0 Å². The van der Waals surface area contributed by atoms with Crippen molar-refractivity contribution in [1.29, 1.82) is 0 Å². The van der Waals surface area contributed by atoms with E-state index in [9.17, 15) is 0 Å². The summed E-state index contributed by atoms with van der Waals surface area (Å²) in [6.45, 7) is 9.53. The van der Waals surface area contributed by atoms with Crippen molar-refractivity contribution in [3.8, 4) is 55.6 Å². The van der Waals surface area contributed by atoms with Gasteiger partial charge in [0.1, 0.15) is 0 Å². The molecule has 0 fully saturated rings. The highest BCUT2D eigenvalue weighted by Crippen LogP contribution is 2.55. The summed E-state index contributed by atoms with van der Waals surface area (Å²) >= 11 is 2.45. The maximum atomic E-state index is 2.49. The molecule has 0 heterocycles. The van der Waals surface area contributed by atoms with Crippen LogP contribution in [0.3, 0.4) is 0 Å². The fourth-order valence-electron chi connectivity index (χ4n) is 11.1. The van der Waals surface area contributed by atoms with Crippen LogP contribution in [0.15, 0.2) is 176 Å². The first-order chi connectivity index (χ1) is 28.7. The molecule has 0 aromatic heterocycles. The first-order valence-electron chi connectivity index (χ1n) is 20.8. The Labute approximate surface area is 359 Å². The minimum atomic E-state index is -0.0917. The van der Waals surface area contributed by atoms with Gasteiger partial charge in [0.25, 0.3) is 0 Å². The van der Waals surface area contributed by atoms with E-state index in [1.54, 1.807) is 0 Å². The highest BCUT2D eigenvalue weighted by molar-refractivity contribution is 14.1. The molecule has 0 radical (unpaired) electrons. The van der Waals surface area contributed by atoms with Gasteiger partial charge in [0, 0.05) is 14.4 Å². The molecule has 0 spiro atoms. The van der Waals surface area contributed by atoms with Crippen molar-refractivity contribution in [3.05, 3.63) is 202 Å². The molecule has 2 aliphatic rings. The zero-order chi connectivity index (χ0) is 39.8. The van der Waals surface area contributed by atoms with Crippen LogP contribution >= 0.6 is 22.6 Å². The second-order valence-corrected chi connectivity index (χ2v) is 18.9. The number of rotatable bonds is 3. The summed E-state index contributed by atoms with van der Waals surface area (Å²) in [7, 11) is 0. The van der Waals surface area contributed by atoms with Crippen LogP contribution in [-0.2, 0) is 10.8 Å². The van der Waals surface area contributed by atoms with Gasteiger partial charge in [-0.1, -0.05) is 179 Å². The Morgan fingerprint density at radius 2 is 0.593 bits per heavy atom. The monoisotopic (exact) mass is 864 g/mol. The summed E-state index contributed by atoms with van der Waals surface area (Å²) in [6.07, 6.45) is 0. The molecule has 280 valence electrons. The van der Waals surface area contributed by atoms with Crippen molar-refractivity contribution in [3.63, 3.8) is 0 Å². The Morgan fingerprint density at radius 3 is 1.02 bits per heavy atom. The summed E-state index contributed by atoms with van der Waals surface area (Å²) < 4.78 is 1.28. The van der Waals surface area contributed by atoms with Crippen LogP contribution in [-0.4, -0.2) is 0 Å². The zero-order valence-electron chi connectivity index (χ0n) is 33.6. The van der Waals surface area contributed by atoms with Crippen LogP contribution in [0.1, 0.15) is 49.9 Å². The van der Waals surface area contributed by atoms with Crippen LogP contribution in [0.25, 0.3) is 98.7 Å². The first-order valence-corrected chi connectivity index (χ1v) is 21.9. The molecule has 0 N–H and O–H groups in total. The molecule has 59 heavy (non-hydrogen) atoms. The summed E-state index contributed by atoms with van der Waals surface area (Å²) in [5.74, 6) is 0. The van der Waals surface area contributed by atoms with E-state index in [0.29, 0.717) is 0 Å². The Balaban J connectivity index is 1.14. The number of halogens is 1. The lowest BCUT2D eigenvalue weighted by molar-refractivity contribution is 0.660. The second-order valence-electron chi connectivity index (χ2n) is 17.7. The summed E-state index contributed by atoms with van der Waals surface area (Å²) in [4.78, 5) is 0. The van der Waals surface area contributed by atoms with Crippen LogP contribution in [0.5, 0.6) is 0 Å². The van der Waals surface area contributed by atoms with Crippen molar-refractivity contribution in [1.82, 2.24) is 0 Å². The third-order valence-electron chi connectivity index (χ3n) is 13.9. The maximum absolute atomic E-state index is 2.49. The highest BCUT2D eigenvalue weighted by Gasteiger charge is 2.37.